The number of carbonyl (C=O) groups excluding carboxylic acids is 1. The van der Waals surface area contributed by atoms with Gasteiger partial charge in [0.2, 0.25) is 5.91 Å². The summed E-state index contributed by atoms with van der Waals surface area (Å²) in [5.74, 6) is -1.09. The van der Waals surface area contributed by atoms with Crippen LogP contribution in [0.3, 0.4) is 0 Å². The summed E-state index contributed by atoms with van der Waals surface area (Å²) in [7, 11) is 0. The number of aliphatic carboxylic acids is 1. The summed E-state index contributed by atoms with van der Waals surface area (Å²) in [6.07, 6.45) is 0. The predicted molar refractivity (Wildman–Crippen MR) is 66.9 cm³/mol. The van der Waals surface area contributed by atoms with Gasteiger partial charge in [-0.05, 0) is 41.2 Å². The Morgan fingerprint density at radius 2 is 1.65 bits per heavy atom. The first kappa shape index (κ1) is 15.9. The molecule has 0 bridgehead atoms. The molecule has 0 aliphatic heterocycles. The minimum absolute atomic E-state index is 0.0903. The van der Waals surface area contributed by atoms with E-state index in [0.29, 0.717) is 6.54 Å². The molecule has 0 atom stereocenters. The van der Waals surface area contributed by atoms with Crippen LogP contribution in [0.15, 0.2) is 0 Å². The number of rotatable bonds is 5. The minimum Gasteiger partial charge on any atom is -0.480 e. The van der Waals surface area contributed by atoms with Gasteiger partial charge >= 0.3 is 5.97 Å². The third-order valence-corrected chi connectivity index (χ3v) is 2.54. The van der Waals surface area contributed by atoms with E-state index >= 15 is 0 Å². The summed E-state index contributed by atoms with van der Waals surface area (Å²) in [6, 6.07) is 0. The molecule has 0 spiro atoms. The average molecular weight is 244 g/mol. The topological polar surface area (TPSA) is 69.6 Å². The molecule has 0 heterocycles. The normalized spacial score (nSPS) is 12.6. The van der Waals surface area contributed by atoms with E-state index in [1.165, 1.54) is 0 Å². The Labute approximate surface area is 103 Å². The van der Waals surface area contributed by atoms with E-state index in [4.69, 9.17) is 5.11 Å². The highest BCUT2D eigenvalue weighted by molar-refractivity contribution is 5.82. The highest BCUT2D eigenvalue weighted by Crippen LogP contribution is 2.14. The van der Waals surface area contributed by atoms with E-state index in [9.17, 15) is 9.59 Å². The zero-order valence-corrected chi connectivity index (χ0v) is 11.6. The summed E-state index contributed by atoms with van der Waals surface area (Å²) in [4.78, 5) is 24.5. The second-order valence-electron chi connectivity index (χ2n) is 5.68. The van der Waals surface area contributed by atoms with Gasteiger partial charge < -0.3 is 10.4 Å². The standard InChI is InChI=1S/C12H24N2O3/c1-7-14(12(5,6)10(16)17)8-9(15)13-11(2,3)4/h7-8H2,1-6H3,(H,13,15)(H,16,17). The lowest BCUT2D eigenvalue weighted by Crippen LogP contribution is -2.55. The molecule has 0 saturated carbocycles. The van der Waals surface area contributed by atoms with Crippen LogP contribution in [-0.4, -0.2) is 46.1 Å². The molecule has 0 rings (SSSR count). The second kappa shape index (κ2) is 5.49. The first-order valence-corrected chi connectivity index (χ1v) is 5.80. The van der Waals surface area contributed by atoms with Gasteiger partial charge in [-0.2, -0.15) is 0 Å². The number of carbonyl (C=O) groups is 2. The molecule has 2 N–H and O–H groups in total. The average Bonchev–Trinajstić information content (AvgIpc) is 2.10. The minimum atomic E-state index is -1.04. The van der Waals surface area contributed by atoms with E-state index in [1.807, 2.05) is 27.7 Å². The highest BCUT2D eigenvalue weighted by Gasteiger charge is 2.34. The lowest BCUT2D eigenvalue weighted by Gasteiger charge is -2.34. The zero-order chi connectivity index (χ0) is 13.9. The molecule has 17 heavy (non-hydrogen) atoms. The van der Waals surface area contributed by atoms with Crippen LogP contribution >= 0.6 is 0 Å². The van der Waals surface area contributed by atoms with Gasteiger partial charge in [-0.3, -0.25) is 14.5 Å². The van der Waals surface area contributed by atoms with Crippen molar-refractivity contribution in [3.8, 4) is 0 Å². The van der Waals surface area contributed by atoms with E-state index in [-0.39, 0.29) is 18.0 Å². The molecule has 0 aliphatic rings. The number of nitrogens with zero attached hydrogens (tertiary/aromatic N) is 1. The first-order valence-electron chi connectivity index (χ1n) is 5.80. The SMILES string of the molecule is CCN(CC(=O)NC(C)(C)C)C(C)(C)C(=O)O. The molecule has 0 aliphatic carbocycles. The van der Waals surface area contributed by atoms with Crippen LogP contribution in [0, 0.1) is 0 Å². The van der Waals surface area contributed by atoms with Gasteiger partial charge in [0.05, 0.1) is 6.54 Å². The summed E-state index contributed by atoms with van der Waals surface area (Å²) in [5.41, 5.74) is -1.34. The van der Waals surface area contributed by atoms with Gasteiger partial charge in [-0.15, -0.1) is 0 Å². The summed E-state index contributed by atoms with van der Waals surface area (Å²) in [6.45, 7) is 11.3. The molecule has 0 aromatic heterocycles. The Kier molecular flexibility index (Phi) is 5.13. The zero-order valence-electron chi connectivity index (χ0n) is 11.6. The van der Waals surface area contributed by atoms with Crippen LogP contribution in [0.4, 0.5) is 0 Å². The van der Waals surface area contributed by atoms with Gasteiger partial charge in [-0.25, -0.2) is 0 Å². The van der Waals surface area contributed by atoms with Gasteiger partial charge in [-0.1, -0.05) is 6.92 Å². The smallest absolute Gasteiger partial charge is 0.323 e. The molecule has 5 heteroatoms. The number of nitrogens with one attached hydrogen (secondary N) is 1. The van der Waals surface area contributed by atoms with Gasteiger partial charge in [0.1, 0.15) is 5.54 Å². The molecule has 1 amide bonds. The van der Waals surface area contributed by atoms with Crippen molar-refractivity contribution in [3.05, 3.63) is 0 Å². The van der Waals surface area contributed by atoms with Crippen molar-refractivity contribution in [2.45, 2.75) is 52.6 Å². The maximum absolute atomic E-state index is 11.8. The maximum atomic E-state index is 11.8. The lowest BCUT2D eigenvalue weighted by atomic mass is 10.0. The third-order valence-electron chi connectivity index (χ3n) is 2.54. The maximum Gasteiger partial charge on any atom is 0.323 e. The number of likely N-dealkylation sites (N-methyl/N-ethyl adjacent to an activating group) is 1. The number of hydrogen-bond acceptors (Lipinski definition) is 3. The van der Waals surface area contributed by atoms with Gasteiger partial charge in [0.25, 0.3) is 0 Å². The molecule has 0 aromatic rings. The number of hydrogen-bond donors (Lipinski definition) is 2. The number of carboxylic acids is 1. The molecule has 0 aromatic carbocycles. The summed E-state index contributed by atoms with van der Waals surface area (Å²) >= 11 is 0. The Morgan fingerprint density at radius 3 is 1.94 bits per heavy atom. The summed E-state index contributed by atoms with van der Waals surface area (Å²) < 4.78 is 0. The fourth-order valence-electron chi connectivity index (χ4n) is 1.47. The van der Waals surface area contributed by atoms with Crippen molar-refractivity contribution in [2.24, 2.45) is 0 Å². The lowest BCUT2D eigenvalue weighted by molar-refractivity contribution is -0.150. The quantitative estimate of drug-likeness (QED) is 0.759. The van der Waals surface area contributed by atoms with Crippen molar-refractivity contribution in [3.63, 3.8) is 0 Å². The van der Waals surface area contributed by atoms with Crippen molar-refractivity contribution in [2.75, 3.05) is 13.1 Å². The predicted octanol–water partition coefficient (Wildman–Crippen LogP) is 1.09. The Balaban J connectivity index is 4.62. The van der Waals surface area contributed by atoms with Crippen molar-refractivity contribution >= 4 is 11.9 Å². The molecule has 0 radical (unpaired) electrons. The highest BCUT2D eigenvalue weighted by atomic mass is 16.4. The van der Waals surface area contributed by atoms with E-state index in [1.54, 1.807) is 18.7 Å². The number of carboxylic acid groups (broad SMARTS) is 1. The molecule has 0 unspecified atom stereocenters. The third kappa shape index (κ3) is 5.17. The van der Waals surface area contributed by atoms with Gasteiger partial charge in [0.15, 0.2) is 0 Å². The fraction of sp³-hybridized carbons (Fsp3) is 0.833. The van der Waals surface area contributed by atoms with E-state index < -0.39 is 11.5 Å². The Hall–Kier alpha value is -1.10. The van der Waals surface area contributed by atoms with Crippen LogP contribution in [0.1, 0.15) is 41.5 Å². The van der Waals surface area contributed by atoms with Crippen molar-refractivity contribution in [1.82, 2.24) is 10.2 Å². The largest absolute Gasteiger partial charge is 0.480 e. The molecular formula is C12H24N2O3. The van der Waals surface area contributed by atoms with Crippen LogP contribution < -0.4 is 5.32 Å². The monoisotopic (exact) mass is 244 g/mol. The summed E-state index contributed by atoms with van der Waals surface area (Å²) in [5, 5.41) is 11.9. The van der Waals surface area contributed by atoms with Crippen LogP contribution in [0.25, 0.3) is 0 Å². The van der Waals surface area contributed by atoms with Crippen molar-refractivity contribution in [1.29, 1.82) is 0 Å². The Bertz CT molecular complexity index is 293. The number of amides is 1. The van der Waals surface area contributed by atoms with Crippen molar-refractivity contribution < 1.29 is 14.7 Å². The van der Waals surface area contributed by atoms with E-state index in [2.05, 4.69) is 5.32 Å². The Morgan fingerprint density at radius 1 is 1.18 bits per heavy atom. The van der Waals surface area contributed by atoms with Crippen LogP contribution in [0.5, 0.6) is 0 Å². The molecule has 5 nitrogen and oxygen atoms in total. The molecular weight excluding hydrogens is 220 g/mol. The second-order valence-corrected chi connectivity index (χ2v) is 5.68. The molecule has 0 saturated heterocycles. The van der Waals surface area contributed by atoms with Gasteiger partial charge in [0, 0.05) is 5.54 Å². The van der Waals surface area contributed by atoms with Crippen LogP contribution in [-0.2, 0) is 9.59 Å². The van der Waals surface area contributed by atoms with E-state index in [0.717, 1.165) is 0 Å². The fourth-order valence-corrected chi connectivity index (χ4v) is 1.47. The first-order chi connectivity index (χ1) is 7.50. The van der Waals surface area contributed by atoms with Crippen LogP contribution in [0.2, 0.25) is 0 Å². The molecule has 100 valence electrons. The molecule has 0 fully saturated rings.